The van der Waals surface area contributed by atoms with Crippen molar-refractivity contribution < 1.29 is 43.7 Å². The van der Waals surface area contributed by atoms with Crippen LogP contribution in [0.4, 0.5) is 0 Å². The van der Waals surface area contributed by atoms with Gasteiger partial charge in [-0.05, 0) is 73.3 Å². The molecule has 11 nitrogen and oxygen atoms in total. The normalized spacial score (nSPS) is 28.8. The van der Waals surface area contributed by atoms with Crippen molar-refractivity contribution in [1.82, 2.24) is 4.90 Å². The number of aliphatic hydroxyl groups is 1. The van der Waals surface area contributed by atoms with E-state index in [0.717, 1.165) is 0 Å². The molecule has 218 valence electrons. The number of primary amides is 1. The third kappa shape index (κ3) is 4.27. The van der Waals surface area contributed by atoms with Crippen molar-refractivity contribution in [2.24, 2.45) is 29.4 Å². The number of ketones is 4. The van der Waals surface area contributed by atoms with E-state index in [2.05, 4.69) is 4.74 Å². The van der Waals surface area contributed by atoms with Crippen molar-refractivity contribution in [3.05, 3.63) is 59.2 Å². The predicted octanol–water partition coefficient (Wildman–Crippen LogP) is 0.720. The first-order chi connectivity index (χ1) is 19.8. The number of fused-ring (bicyclic) bond motifs is 3. The van der Waals surface area contributed by atoms with Gasteiger partial charge in [-0.25, -0.2) is 4.79 Å². The third-order valence-corrected chi connectivity index (χ3v) is 8.76. The molecule has 0 saturated heterocycles. The van der Waals surface area contributed by atoms with Gasteiger partial charge in [-0.15, -0.1) is 0 Å². The molecule has 0 spiro atoms. The van der Waals surface area contributed by atoms with Crippen LogP contribution in [0.2, 0.25) is 0 Å². The number of nitrogens with zero attached hydrogens (tertiary/aromatic N) is 1. The predicted molar refractivity (Wildman–Crippen MR) is 148 cm³/mol. The first kappa shape index (κ1) is 29.0. The van der Waals surface area contributed by atoms with Crippen LogP contribution in [0.3, 0.4) is 0 Å². The van der Waals surface area contributed by atoms with Crippen LogP contribution in [0.1, 0.15) is 27.9 Å². The minimum Gasteiger partial charge on any atom is -0.507 e. The fourth-order valence-corrected chi connectivity index (χ4v) is 6.92. The number of phenolic OH excluding ortho intramolecular Hbond substituents is 1. The molecule has 0 bridgehead atoms. The zero-order valence-corrected chi connectivity index (χ0v) is 23.2. The number of hydrogen-bond acceptors (Lipinski definition) is 10. The van der Waals surface area contributed by atoms with Gasteiger partial charge in [-0.1, -0.05) is 24.3 Å². The maximum Gasteiger partial charge on any atom is 0.330 e. The van der Waals surface area contributed by atoms with Gasteiger partial charge in [0.1, 0.15) is 5.75 Å². The molecular weight excluding hydrogens is 544 g/mol. The first-order valence-corrected chi connectivity index (χ1v) is 13.4. The van der Waals surface area contributed by atoms with Crippen molar-refractivity contribution in [2.45, 2.75) is 24.5 Å². The zero-order valence-electron chi connectivity index (χ0n) is 23.2. The SMILES string of the molecule is COC(=O)/C=C/c1cccc(-c2ccc(O)c3c2C[C@H]2C[C@H]4[C@H](N(C)C)C(=O)C(C(N)=O)C(=O)[C@@]4(O)C(=O)C2C3=O)c1. The maximum absolute atomic E-state index is 14.0. The third-order valence-electron chi connectivity index (χ3n) is 8.76. The molecule has 0 radical (unpaired) electrons. The fraction of sp³-hybridized carbons (Fsp3) is 0.355. The Bertz CT molecular complexity index is 1590. The summed E-state index contributed by atoms with van der Waals surface area (Å²) in [6.45, 7) is 0. The second kappa shape index (κ2) is 10.4. The first-order valence-electron chi connectivity index (χ1n) is 13.4. The molecule has 0 heterocycles. The molecule has 2 saturated carbocycles. The maximum atomic E-state index is 14.0. The zero-order chi connectivity index (χ0) is 30.7. The molecule has 11 heteroatoms. The van der Waals surface area contributed by atoms with Crippen LogP contribution in [-0.4, -0.2) is 83.0 Å². The van der Waals surface area contributed by atoms with Crippen molar-refractivity contribution in [2.75, 3.05) is 21.2 Å². The van der Waals surface area contributed by atoms with Gasteiger partial charge in [0.25, 0.3) is 0 Å². The lowest BCUT2D eigenvalue weighted by Gasteiger charge is -2.52. The van der Waals surface area contributed by atoms with E-state index in [1.165, 1.54) is 38.2 Å². The van der Waals surface area contributed by atoms with Gasteiger partial charge in [0.05, 0.1) is 24.6 Å². The lowest BCUT2D eigenvalue weighted by Crippen LogP contribution is -2.74. The van der Waals surface area contributed by atoms with Gasteiger partial charge in [-0.3, -0.25) is 28.9 Å². The highest BCUT2D eigenvalue weighted by atomic mass is 16.5. The number of likely N-dealkylation sites (N-methyl/N-ethyl adjacent to an activating group) is 1. The number of carbonyl (C=O) groups is 6. The monoisotopic (exact) mass is 574 g/mol. The summed E-state index contributed by atoms with van der Waals surface area (Å²) in [5.41, 5.74) is 4.95. The molecule has 6 atom stereocenters. The van der Waals surface area contributed by atoms with Gasteiger partial charge in [0, 0.05) is 12.0 Å². The minimum absolute atomic E-state index is 0.0408. The van der Waals surface area contributed by atoms with Crippen molar-refractivity contribution in [3.8, 4) is 16.9 Å². The smallest absolute Gasteiger partial charge is 0.330 e. The molecule has 0 aromatic heterocycles. The highest BCUT2D eigenvalue weighted by Gasteiger charge is 2.69. The summed E-state index contributed by atoms with van der Waals surface area (Å²) in [5.74, 6) is -11.5. The highest BCUT2D eigenvalue weighted by Crippen LogP contribution is 2.51. The van der Waals surface area contributed by atoms with Gasteiger partial charge in [0.15, 0.2) is 34.7 Å². The average Bonchev–Trinajstić information content (AvgIpc) is 2.93. The summed E-state index contributed by atoms with van der Waals surface area (Å²) in [4.78, 5) is 79.6. The Kier molecular flexibility index (Phi) is 7.20. The quantitative estimate of drug-likeness (QED) is 0.261. The van der Waals surface area contributed by atoms with E-state index in [0.29, 0.717) is 22.3 Å². The van der Waals surface area contributed by atoms with E-state index in [1.807, 2.05) is 0 Å². The molecule has 2 aromatic rings. The molecular formula is C31H30N2O9. The van der Waals surface area contributed by atoms with E-state index in [-0.39, 0.29) is 24.2 Å². The van der Waals surface area contributed by atoms with Crippen LogP contribution in [0.5, 0.6) is 5.75 Å². The molecule has 0 aliphatic heterocycles. The number of benzene rings is 2. The van der Waals surface area contributed by atoms with Gasteiger partial charge >= 0.3 is 5.97 Å². The number of aromatic hydroxyl groups is 1. The summed E-state index contributed by atoms with van der Waals surface area (Å²) in [5, 5.41) is 22.5. The number of amides is 1. The van der Waals surface area contributed by atoms with E-state index in [1.54, 1.807) is 36.4 Å². The van der Waals surface area contributed by atoms with Crippen LogP contribution in [0, 0.1) is 23.7 Å². The standard InChI is InChI=1S/C31H30N2O9/c1-33(2)25-19-13-16-12-18-17(15-6-4-5-14(11-15)7-10-21(35)42-3)8-9-20(34)23(18)26(36)22(16)28(38)31(19,41)29(39)24(27(25)37)30(32)40/h4-11,16,19,22,24-25,34,41H,12-13H2,1-3H3,(H2,32,40)/b10-7+/t16-,19-,22?,24?,25-,31-/m0/s1. The lowest BCUT2D eigenvalue weighted by molar-refractivity contribution is -0.181. The van der Waals surface area contributed by atoms with E-state index in [4.69, 9.17) is 5.73 Å². The summed E-state index contributed by atoms with van der Waals surface area (Å²) >= 11 is 0. The minimum atomic E-state index is -2.77. The number of rotatable bonds is 5. The molecule has 1 amide bonds. The second-order valence-electron chi connectivity index (χ2n) is 11.3. The number of phenols is 1. The van der Waals surface area contributed by atoms with E-state index < -0.39 is 70.3 Å². The number of carbonyl (C=O) groups excluding carboxylic acids is 6. The fourth-order valence-electron chi connectivity index (χ4n) is 6.92. The van der Waals surface area contributed by atoms with Crippen molar-refractivity contribution >= 4 is 41.1 Å². The summed E-state index contributed by atoms with van der Waals surface area (Å²) in [6, 6.07) is 8.94. The average molecular weight is 575 g/mol. The summed E-state index contributed by atoms with van der Waals surface area (Å²) in [6.07, 6.45) is 2.94. The highest BCUT2D eigenvalue weighted by molar-refractivity contribution is 6.32. The Labute approximate surface area is 240 Å². The van der Waals surface area contributed by atoms with Crippen LogP contribution in [0.25, 0.3) is 17.2 Å². The molecule has 3 aliphatic carbocycles. The van der Waals surface area contributed by atoms with Gasteiger partial charge in [0.2, 0.25) is 5.91 Å². The van der Waals surface area contributed by atoms with E-state index in [9.17, 15) is 39.0 Å². The van der Waals surface area contributed by atoms with Crippen molar-refractivity contribution in [3.63, 3.8) is 0 Å². The van der Waals surface area contributed by atoms with Crippen molar-refractivity contribution in [1.29, 1.82) is 0 Å². The van der Waals surface area contributed by atoms with Gasteiger partial charge in [-0.2, -0.15) is 0 Å². The number of hydrogen-bond donors (Lipinski definition) is 3. The largest absolute Gasteiger partial charge is 0.507 e. The Morgan fingerprint density at radius 2 is 1.81 bits per heavy atom. The van der Waals surface area contributed by atoms with Gasteiger partial charge < -0.3 is 20.7 Å². The molecule has 2 fully saturated rings. The number of ether oxygens (including phenoxy) is 1. The Morgan fingerprint density at radius 1 is 1.10 bits per heavy atom. The Hall–Kier alpha value is -4.48. The second-order valence-corrected chi connectivity index (χ2v) is 11.3. The van der Waals surface area contributed by atoms with Crippen LogP contribution < -0.4 is 5.73 Å². The molecule has 2 aromatic carbocycles. The Morgan fingerprint density at radius 3 is 2.45 bits per heavy atom. The lowest BCUT2D eigenvalue weighted by atomic mass is 9.52. The number of methoxy groups -OCH3 is 1. The number of Topliss-reactive ketones (excluding diaryl/α,β-unsaturated/α-hetero) is 4. The number of esters is 1. The summed E-state index contributed by atoms with van der Waals surface area (Å²) in [7, 11) is 4.34. The molecule has 2 unspecified atom stereocenters. The molecule has 5 rings (SSSR count). The topological polar surface area (TPSA) is 181 Å². The van der Waals surface area contributed by atoms with Crippen LogP contribution in [0.15, 0.2) is 42.5 Å². The summed E-state index contributed by atoms with van der Waals surface area (Å²) < 4.78 is 4.64. The van der Waals surface area contributed by atoms with Crippen LogP contribution >= 0.6 is 0 Å². The molecule has 42 heavy (non-hydrogen) atoms. The van der Waals surface area contributed by atoms with Crippen LogP contribution in [-0.2, 0) is 35.1 Å². The molecule has 4 N–H and O–H groups in total. The Balaban J connectivity index is 1.61. The molecule has 3 aliphatic rings. The number of nitrogens with two attached hydrogens (primary N) is 1. The van der Waals surface area contributed by atoms with E-state index >= 15 is 0 Å².